The van der Waals surface area contributed by atoms with Crippen LogP contribution in [0, 0.1) is 0 Å². The van der Waals surface area contributed by atoms with Gasteiger partial charge in [-0.15, -0.1) is 11.3 Å². The van der Waals surface area contributed by atoms with Crippen LogP contribution < -0.4 is 9.47 Å². The monoisotopic (exact) mass is 391 g/mol. The van der Waals surface area contributed by atoms with Crippen LogP contribution in [-0.4, -0.2) is 18.2 Å². The molecule has 0 aliphatic heterocycles. The van der Waals surface area contributed by atoms with Crippen LogP contribution in [0.5, 0.6) is 11.5 Å². The van der Waals surface area contributed by atoms with E-state index in [0.717, 1.165) is 32.7 Å². The maximum absolute atomic E-state index is 5.98. The summed E-state index contributed by atoms with van der Waals surface area (Å²) in [5.74, 6) is 1.46. The molecular formula is C18H18BrNO2S. The molecule has 1 heterocycles. The quantitative estimate of drug-likeness (QED) is 0.541. The molecule has 0 aliphatic rings. The molecule has 5 heteroatoms. The first kappa shape index (κ1) is 16.3. The number of hydrogen-bond donors (Lipinski definition) is 0. The summed E-state index contributed by atoms with van der Waals surface area (Å²) >= 11 is 5.28. The Morgan fingerprint density at radius 2 is 2.04 bits per heavy atom. The summed E-state index contributed by atoms with van der Waals surface area (Å²) < 4.78 is 13.6. The zero-order valence-electron chi connectivity index (χ0n) is 13.3. The summed E-state index contributed by atoms with van der Waals surface area (Å²) in [6.07, 6.45) is 1.07. The number of benzene rings is 2. The molecule has 0 bridgehead atoms. The molecule has 120 valence electrons. The molecule has 0 saturated heterocycles. The smallest absolute Gasteiger partial charge is 0.175 e. The molecule has 0 spiro atoms. The second kappa shape index (κ2) is 6.89. The molecule has 3 aromatic rings. The van der Waals surface area contributed by atoms with Crippen LogP contribution in [-0.2, 0) is 0 Å². The Balaban J connectivity index is 2.05. The highest BCUT2D eigenvalue weighted by Crippen LogP contribution is 2.41. The van der Waals surface area contributed by atoms with Gasteiger partial charge in [0.05, 0.1) is 27.9 Å². The highest BCUT2D eigenvalue weighted by molar-refractivity contribution is 9.10. The number of hydrogen-bond acceptors (Lipinski definition) is 4. The van der Waals surface area contributed by atoms with Crippen molar-refractivity contribution < 1.29 is 9.47 Å². The van der Waals surface area contributed by atoms with Gasteiger partial charge in [-0.3, -0.25) is 0 Å². The first-order valence-electron chi connectivity index (χ1n) is 7.52. The van der Waals surface area contributed by atoms with Gasteiger partial charge in [0.1, 0.15) is 5.01 Å². The van der Waals surface area contributed by atoms with Crippen molar-refractivity contribution in [2.45, 2.75) is 26.4 Å². The molecule has 0 radical (unpaired) electrons. The first-order valence-corrected chi connectivity index (χ1v) is 9.13. The van der Waals surface area contributed by atoms with Crippen molar-refractivity contribution in [2.75, 3.05) is 7.11 Å². The second-order valence-corrected chi connectivity index (χ2v) is 7.20. The summed E-state index contributed by atoms with van der Waals surface area (Å²) in [5, 5.41) is 0.972. The largest absolute Gasteiger partial charge is 0.493 e. The molecule has 0 saturated carbocycles. The Kier molecular flexibility index (Phi) is 4.87. The van der Waals surface area contributed by atoms with Crippen LogP contribution in [0.2, 0.25) is 0 Å². The third kappa shape index (κ3) is 3.35. The fourth-order valence-corrected chi connectivity index (χ4v) is 3.73. The molecule has 0 fully saturated rings. The minimum Gasteiger partial charge on any atom is -0.493 e. The van der Waals surface area contributed by atoms with E-state index in [4.69, 9.17) is 14.5 Å². The Hall–Kier alpha value is -1.59. The lowest BCUT2D eigenvalue weighted by Gasteiger charge is -2.17. The Morgan fingerprint density at radius 3 is 2.74 bits per heavy atom. The van der Waals surface area contributed by atoms with Crippen molar-refractivity contribution in [3.8, 4) is 22.1 Å². The normalized spacial score (nSPS) is 12.3. The van der Waals surface area contributed by atoms with Crippen LogP contribution in [0.1, 0.15) is 20.3 Å². The van der Waals surface area contributed by atoms with Gasteiger partial charge in [0.15, 0.2) is 11.5 Å². The zero-order chi connectivity index (χ0) is 16.4. The van der Waals surface area contributed by atoms with E-state index < -0.39 is 0 Å². The third-order valence-corrected chi connectivity index (χ3v) is 5.34. The molecule has 1 aromatic heterocycles. The SMILES string of the molecule is CCC(C)Oc1c(Br)cc(-c2nc3ccccc3s2)cc1OC. The number of rotatable bonds is 5. The van der Waals surface area contributed by atoms with Crippen LogP contribution in [0.3, 0.4) is 0 Å². The van der Waals surface area contributed by atoms with E-state index in [0.29, 0.717) is 5.75 Å². The lowest BCUT2D eigenvalue weighted by molar-refractivity contribution is 0.206. The molecule has 0 amide bonds. The van der Waals surface area contributed by atoms with Gasteiger partial charge < -0.3 is 9.47 Å². The number of aromatic nitrogens is 1. The lowest BCUT2D eigenvalue weighted by atomic mass is 10.2. The summed E-state index contributed by atoms with van der Waals surface area (Å²) in [4.78, 5) is 4.71. The second-order valence-electron chi connectivity index (χ2n) is 5.31. The van der Waals surface area contributed by atoms with E-state index in [9.17, 15) is 0 Å². The highest BCUT2D eigenvalue weighted by Gasteiger charge is 2.16. The molecule has 1 unspecified atom stereocenters. The van der Waals surface area contributed by atoms with Crippen LogP contribution in [0.25, 0.3) is 20.8 Å². The van der Waals surface area contributed by atoms with Crippen LogP contribution in [0.4, 0.5) is 0 Å². The predicted molar refractivity (Wildman–Crippen MR) is 99.7 cm³/mol. The van der Waals surface area contributed by atoms with Gasteiger partial charge in [-0.05, 0) is 53.5 Å². The molecule has 23 heavy (non-hydrogen) atoms. The Morgan fingerprint density at radius 1 is 1.26 bits per heavy atom. The maximum atomic E-state index is 5.98. The zero-order valence-corrected chi connectivity index (χ0v) is 15.7. The summed E-state index contributed by atoms with van der Waals surface area (Å²) in [6.45, 7) is 4.15. The fourth-order valence-electron chi connectivity index (χ4n) is 2.24. The number of nitrogens with zero attached hydrogens (tertiary/aromatic N) is 1. The summed E-state index contributed by atoms with van der Waals surface area (Å²) in [6, 6.07) is 12.2. The third-order valence-electron chi connectivity index (χ3n) is 3.66. The van der Waals surface area contributed by atoms with Gasteiger partial charge in [0, 0.05) is 5.56 Å². The van der Waals surface area contributed by atoms with Gasteiger partial charge in [-0.1, -0.05) is 19.1 Å². The number of thiazole rings is 1. The number of methoxy groups -OCH3 is 1. The van der Waals surface area contributed by atoms with Crippen molar-refractivity contribution in [1.82, 2.24) is 4.98 Å². The average molecular weight is 392 g/mol. The number of para-hydroxylation sites is 1. The van der Waals surface area contributed by atoms with Crippen LogP contribution >= 0.6 is 27.3 Å². The van der Waals surface area contributed by atoms with E-state index in [-0.39, 0.29) is 6.10 Å². The van der Waals surface area contributed by atoms with E-state index >= 15 is 0 Å². The molecule has 3 nitrogen and oxygen atoms in total. The Labute approximate surface area is 148 Å². The number of halogens is 1. The Bertz CT molecular complexity index is 798. The topological polar surface area (TPSA) is 31.4 Å². The molecular weight excluding hydrogens is 374 g/mol. The van der Waals surface area contributed by atoms with Crippen molar-refractivity contribution in [1.29, 1.82) is 0 Å². The standard InChI is InChI=1S/C18H18BrNO2S/c1-4-11(2)22-17-13(19)9-12(10-15(17)21-3)18-20-14-7-5-6-8-16(14)23-18/h5-11H,4H2,1-3H3. The van der Waals surface area contributed by atoms with Gasteiger partial charge in [0.25, 0.3) is 0 Å². The summed E-state index contributed by atoms with van der Waals surface area (Å²) in [7, 11) is 1.66. The number of ether oxygens (including phenoxy) is 2. The molecule has 0 N–H and O–H groups in total. The van der Waals surface area contributed by atoms with Gasteiger partial charge in [-0.2, -0.15) is 0 Å². The molecule has 0 aliphatic carbocycles. The van der Waals surface area contributed by atoms with Crippen molar-refractivity contribution in [2.24, 2.45) is 0 Å². The highest BCUT2D eigenvalue weighted by atomic mass is 79.9. The predicted octanol–water partition coefficient (Wildman–Crippen LogP) is 5.91. The van der Waals surface area contributed by atoms with E-state index in [1.165, 1.54) is 4.70 Å². The average Bonchev–Trinajstić information content (AvgIpc) is 3.00. The fraction of sp³-hybridized carbons (Fsp3) is 0.278. The minimum atomic E-state index is 0.133. The first-order chi connectivity index (χ1) is 11.1. The molecule has 3 rings (SSSR count). The van der Waals surface area contributed by atoms with E-state index in [1.54, 1.807) is 18.4 Å². The van der Waals surface area contributed by atoms with Gasteiger partial charge in [0.2, 0.25) is 0 Å². The van der Waals surface area contributed by atoms with Crippen LogP contribution in [0.15, 0.2) is 40.9 Å². The minimum absolute atomic E-state index is 0.133. The maximum Gasteiger partial charge on any atom is 0.175 e. The molecule has 1 atom stereocenters. The lowest BCUT2D eigenvalue weighted by Crippen LogP contribution is -2.11. The van der Waals surface area contributed by atoms with Gasteiger partial charge in [-0.25, -0.2) is 4.98 Å². The van der Waals surface area contributed by atoms with Crippen molar-refractivity contribution >= 4 is 37.5 Å². The van der Waals surface area contributed by atoms with Crippen molar-refractivity contribution in [3.63, 3.8) is 0 Å². The molecule has 2 aromatic carbocycles. The van der Waals surface area contributed by atoms with Gasteiger partial charge >= 0.3 is 0 Å². The van der Waals surface area contributed by atoms with E-state index in [1.807, 2.05) is 37.3 Å². The summed E-state index contributed by atoms with van der Waals surface area (Å²) in [5.41, 5.74) is 2.04. The van der Waals surface area contributed by atoms with E-state index in [2.05, 4.69) is 28.9 Å². The van der Waals surface area contributed by atoms with Crippen molar-refractivity contribution in [3.05, 3.63) is 40.9 Å². The number of fused-ring (bicyclic) bond motifs is 1.